The number of aryl methyl sites for hydroxylation is 1. The molecule has 0 bridgehead atoms. The van der Waals surface area contributed by atoms with Gasteiger partial charge >= 0.3 is 0 Å². The molecule has 0 saturated carbocycles. The van der Waals surface area contributed by atoms with E-state index in [4.69, 9.17) is 0 Å². The van der Waals surface area contributed by atoms with Gasteiger partial charge in [-0.25, -0.2) is 9.97 Å². The highest BCUT2D eigenvalue weighted by atomic mass is 32.1. The van der Waals surface area contributed by atoms with Gasteiger partial charge in [0.2, 0.25) is 5.91 Å². The largest absolute Gasteiger partial charge is 0.353 e. The van der Waals surface area contributed by atoms with Crippen molar-refractivity contribution < 1.29 is 4.79 Å². The third kappa shape index (κ3) is 3.40. The molecule has 3 aromatic rings. The van der Waals surface area contributed by atoms with E-state index >= 15 is 0 Å². The molecule has 24 heavy (non-hydrogen) atoms. The normalized spacial score (nSPS) is 10.9. The summed E-state index contributed by atoms with van der Waals surface area (Å²) in [6.07, 6.45) is 2.82. The molecule has 0 fully saturated rings. The SMILES string of the molecule is Cc1cc(=O)n(CC(=O)NCCn2cnc3sccc3c2=O)cn1. The highest BCUT2D eigenvalue weighted by Crippen LogP contribution is 2.12. The van der Waals surface area contributed by atoms with Crippen LogP contribution < -0.4 is 16.4 Å². The van der Waals surface area contributed by atoms with Crippen LogP contribution in [0.4, 0.5) is 0 Å². The molecule has 0 radical (unpaired) electrons. The predicted molar refractivity (Wildman–Crippen MR) is 90.1 cm³/mol. The maximum absolute atomic E-state index is 12.2. The first kappa shape index (κ1) is 16.1. The molecule has 0 aliphatic heterocycles. The van der Waals surface area contributed by atoms with Crippen LogP contribution in [0.15, 0.2) is 39.8 Å². The summed E-state index contributed by atoms with van der Waals surface area (Å²) < 4.78 is 2.68. The summed E-state index contributed by atoms with van der Waals surface area (Å²) in [6.45, 7) is 2.18. The maximum Gasteiger partial charge on any atom is 0.262 e. The Labute approximate surface area is 140 Å². The minimum atomic E-state index is -0.319. The van der Waals surface area contributed by atoms with Crippen LogP contribution in [0.1, 0.15) is 5.69 Å². The minimum Gasteiger partial charge on any atom is -0.353 e. The number of hydrogen-bond acceptors (Lipinski definition) is 6. The van der Waals surface area contributed by atoms with Gasteiger partial charge in [-0.1, -0.05) is 0 Å². The molecule has 0 aliphatic rings. The van der Waals surface area contributed by atoms with Crippen molar-refractivity contribution in [1.29, 1.82) is 0 Å². The topological polar surface area (TPSA) is 98.9 Å². The zero-order valence-corrected chi connectivity index (χ0v) is 13.7. The summed E-state index contributed by atoms with van der Waals surface area (Å²) >= 11 is 1.41. The number of thiophene rings is 1. The second-order valence-electron chi connectivity index (χ2n) is 5.23. The number of fused-ring (bicyclic) bond motifs is 1. The first-order valence-electron chi connectivity index (χ1n) is 7.27. The van der Waals surface area contributed by atoms with Crippen LogP contribution in [0.3, 0.4) is 0 Å². The summed E-state index contributed by atoms with van der Waals surface area (Å²) in [5.41, 5.74) is 0.197. The van der Waals surface area contributed by atoms with Crippen molar-refractivity contribution in [2.24, 2.45) is 0 Å². The number of rotatable bonds is 5. The summed E-state index contributed by atoms with van der Waals surface area (Å²) in [4.78, 5) is 44.7. The van der Waals surface area contributed by atoms with E-state index in [1.165, 1.54) is 39.2 Å². The van der Waals surface area contributed by atoms with Gasteiger partial charge in [-0.2, -0.15) is 0 Å². The molecular weight excluding hydrogens is 330 g/mol. The Balaban J connectivity index is 1.59. The molecule has 1 amide bonds. The lowest BCUT2D eigenvalue weighted by Gasteiger charge is -2.08. The maximum atomic E-state index is 12.2. The summed E-state index contributed by atoms with van der Waals surface area (Å²) in [5.74, 6) is -0.319. The number of aromatic nitrogens is 4. The Bertz CT molecular complexity index is 1000. The van der Waals surface area contributed by atoms with Crippen molar-refractivity contribution >= 4 is 27.5 Å². The Morgan fingerprint density at radius 3 is 2.83 bits per heavy atom. The van der Waals surface area contributed by atoms with Crippen molar-refractivity contribution in [1.82, 2.24) is 24.4 Å². The monoisotopic (exact) mass is 345 g/mol. The number of nitrogens with zero attached hydrogens (tertiary/aromatic N) is 4. The number of carbonyl (C=O) groups excluding carboxylic acids is 1. The smallest absolute Gasteiger partial charge is 0.262 e. The molecule has 1 N–H and O–H groups in total. The number of amides is 1. The standard InChI is InChI=1S/C15H15N5O3S/c1-10-6-13(22)20(8-17-10)7-12(21)16-3-4-19-9-18-14-11(15(19)23)2-5-24-14/h2,5-6,8-9H,3-4,7H2,1H3,(H,16,21). The molecule has 0 aliphatic carbocycles. The Kier molecular flexibility index (Phi) is 4.52. The Hall–Kier alpha value is -2.81. The molecular formula is C15H15N5O3S. The average Bonchev–Trinajstić information content (AvgIpc) is 3.02. The average molecular weight is 345 g/mol. The van der Waals surface area contributed by atoms with Crippen LogP contribution in [-0.4, -0.2) is 31.6 Å². The van der Waals surface area contributed by atoms with E-state index in [-0.39, 0.29) is 30.1 Å². The van der Waals surface area contributed by atoms with Crippen LogP contribution in [-0.2, 0) is 17.9 Å². The molecule has 124 valence electrons. The van der Waals surface area contributed by atoms with E-state index in [9.17, 15) is 14.4 Å². The van der Waals surface area contributed by atoms with E-state index < -0.39 is 0 Å². The van der Waals surface area contributed by atoms with Gasteiger partial charge in [0.05, 0.1) is 18.0 Å². The lowest BCUT2D eigenvalue weighted by atomic mass is 10.4. The van der Waals surface area contributed by atoms with Crippen molar-refractivity contribution in [3.05, 3.63) is 56.6 Å². The fourth-order valence-corrected chi connectivity index (χ4v) is 2.94. The molecule has 0 saturated heterocycles. The summed E-state index contributed by atoms with van der Waals surface area (Å²) in [6, 6.07) is 3.11. The van der Waals surface area contributed by atoms with Crippen LogP contribution in [0.5, 0.6) is 0 Å². The van der Waals surface area contributed by atoms with Gasteiger partial charge in [0, 0.05) is 24.8 Å². The van der Waals surface area contributed by atoms with E-state index in [2.05, 4.69) is 15.3 Å². The van der Waals surface area contributed by atoms with E-state index in [0.29, 0.717) is 22.5 Å². The summed E-state index contributed by atoms with van der Waals surface area (Å²) in [7, 11) is 0. The first-order chi connectivity index (χ1) is 11.5. The van der Waals surface area contributed by atoms with Crippen molar-refractivity contribution in [3.8, 4) is 0 Å². The zero-order chi connectivity index (χ0) is 17.1. The zero-order valence-electron chi connectivity index (χ0n) is 12.9. The molecule has 3 rings (SSSR count). The van der Waals surface area contributed by atoms with Gasteiger partial charge in [-0.3, -0.25) is 23.5 Å². The number of nitrogens with one attached hydrogen (secondary N) is 1. The van der Waals surface area contributed by atoms with Gasteiger partial charge in [0.1, 0.15) is 11.4 Å². The van der Waals surface area contributed by atoms with E-state index in [1.54, 1.807) is 13.0 Å². The quantitative estimate of drug-likeness (QED) is 0.709. The molecule has 3 heterocycles. The van der Waals surface area contributed by atoms with Gasteiger partial charge < -0.3 is 5.32 Å². The van der Waals surface area contributed by atoms with Crippen LogP contribution in [0.2, 0.25) is 0 Å². The van der Waals surface area contributed by atoms with E-state index in [0.717, 1.165) is 0 Å². The highest BCUT2D eigenvalue weighted by molar-refractivity contribution is 7.16. The van der Waals surface area contributed by atoms with Gasteiger partial charge in [-0.15, -0.1) is 11.3 Å². The lowest BCUT2D eigenvalue weighted by Crippen LogP contribution is -2.35. The molecule has 0 aromatic carbocycles. The predicted octanol–water partition coefficient (Wildman–Crippen LogP) is 0.140. The number of carbonyl (C=O) groups is 1. The number of hydrogen-bond donors (Lipinski definition) is 1. The van der Waals surface area contributed by atoms with Crippen LogP contribution in [0.25, 0.3) is 10.2 Å². The van der Waals surface area contributed by atoms with E-state index in [1.807, 2.05) is 5.38 Å². The second-order valence-corrected chi connectivity index (χ2v) is 6.12. The van der Waals surface area contributed by atoms with Gasteiger partial charge in [0.15, 0.2) is 0 Å². The van der Waals surface area contributed by atoms with Crippen molar-refractivity contribution in [2.75, 3.05) is 6.54 Å². The second kappa shape index (κ2) is 6.75. The first-order valence-corrected chi connectivity index (χ1v) is 8.15. The minimum absolute atomic E-state index is 0.108. The van der Waals surface area contributed by atoms with Crippen molar-refractivity contribution in [3.63, 3.8) is 0 Å². The summed E-state index contributed by atoms with van der Waals surface area (Å²) in [5, 5.41) is 5.07. The fourth-order valence-electron chi connectivity index (χ4n) is 2.21. The highest BCUT2D eigenvalue weighted by Gasteiger charge is 2.07. The van der Waals surface area contributed by atoms with Gasteiger partial charge in [0.25, 0.3) is 11.1 Å². The molecule has 3 aromatic heterocycles. The van der Waals surface area contributed by atoms with Crippen molar-refractivity contribution in [2.45, 2.75) is 20.0 Å². The van der Waals surface area contributed by atoms with Gasteiger partial charge in [-0.05, 0) is 18.4 Å². The Morgan fingerprint density at radius 2 is 2.04 bits per heavy atom. The fraction of sp³-hybridized carbons (Fsp3) is 0.267. The third-order valence-corrected chi connectivity index (χ3v) is 4.28. The Morgan fingerprint density at radius 1 is 1.25 bits per heavy atom. The van der Waals surface area contributed by atoms with Crippen LogP contribution in [0, 0.1) is 6.92 Å². The molecule has 8 nitrogen and oxygen atoms in total. The molecule has 0 spiro atoms. The third-order valence-electron chi connectivity index (χ3n) is 3.46. The van der Waals surface area contributed by atoms with Crippen LogP contribution >= 0.6 is 11.3 Å². The lowest BCUT2D eigenvalue weighted by molar-refractivity contribution is -0.121. The molecule has 9 heteroatoms. The molecule has 0 atom stereocenters. The molecule has 0 unspecified atom stereocenters.